The summed E-state index contributed by atoms with van der Waals surface area (Å²) in [7, 11) is -2.15. The molecular formula is C14H21FN2O2S. The highest BCUT2D eigenvalue weighted by atomic mass is 32.2. The number of nitrogens with one attached hydrogen (secondary N) is 1. The van der Waals surface area contributed by atoms with Crippen LogP contribution in [-0.2, 0) is 16.6 Å². The van der Waals surface area contributed by atoms with Crippen LogP contribution in [0.2, 0.25) is 0 Å². The Labute approximate surface area is 120 Å². The predicted molar refractivity (Wildman–Crippen MR) is 78.5 cm³/mol. The first kappa shape index (κ1) is 16.8. The third kappa shape index (κ3) is 3.65. The Hall–Kier alpha value is -1.24. The molecule has 0 unspecified atom stereocenters. The fourth-order valence-corrected chi connectivity index (χ4v) is 3.08. The number of benzene rings is 1. The Morgan fingerprint density at radius 2 is 2.10 bits per heavy atom. The number of nitrogens with zero attached hydrogens (tertiary/aromatic N) is 1. The maximum absolute atomic E-state index is 14.0. The molecule has 20 heavy (non-hydrogen) atoms. The lowest BCUT2D eigenvalue weighted by molar-refractivity contribution is 0.498. The molecule has 0 fully saturated rings. The molecule has 1 aromatic rings. The first-order chi connectivity index (χ1) is 9.34. The van der Waals surface area contributed by atoms with Gasteiger partial charge < -0.3 is 5.32 Å². The topological polar surface area (TPSA) is 49.4 Å². The smallest absolute Gasteiger partial charge is 0.243 e. The maximum Gasteiger partial charge on any atom is 0.243 e. The number of likely N-dealkylation sites (N-methyl/N-ethyl adjacent to an activating group) is 1. The van der Waals surface area contributed by atoms with E-state index >= 15 is 0 Å². The normalized spacial score (nSPS) is 11.8. The third-order valence-corrected chi connectivity index (χ3v) is 4.76. The number of sulfonamides is 1. The average Bonchev–Trinajstić information content (AvgIpc) is 2.40. The maximum atomic E-state index is 14.0. The van der Waals surface area contributed by atoms with Crippen molar-refractivity contribution >= 4 is 10.0 Å². The van der Waals surface area contributed by atoms with Gasteiger partial charge in [-0.05, 0) is 31.2 Å². The van der Waals surface area contributed by atoms with Crippen LogP contribution in [0.5, 0.6) is 0 Å². The molecule has 0 saturated heterocycles. The first-order valence-corrected chi connectivity index (χ1v) is 7.85. The molecule has 0 aromatic heterocycles. The lowest BCUT2D eigenvalue weighted by Crippen LogP contribution is -2.27. The summed E-state index contributed by atoms with van der Waals surface area (Å²) in [6, 6.07) is 2.75. The molecule has 1 rings (SSSR count). The van der Waals surface area contributed by atoms with E-state index in [1.54, 1.807) is 6.92 Å². The second-order valence-electron chi connectivity index (χ2n) is 4.57. The Bertz CT molecular complexity index is 585. The SMILES string of the molecule is C=CCN(C)S(=O)(=O)c1cc(C)c(F)c(CNCC)c1. The van der Waals surface area contributed by atoms with Crippen molar-refractivity contribution in [3.8, 4) is 0 Å². The fraction of sp³-hybridized carbons (Fsp3) is 0.429. The van der Waals surface area contributed by atoms with Crippen molar-refractivity contribution in [2.24, 2.45) is 0 Å². The van der Waals surface area contributed by atoms with Gasteiger partial charge in [0.15, 0.2) is 0 Å². The number of aryl methyl sites for hydroxylation is 1. The van der Waals surface area contributed by atoms with E-state index in [9.17, 15) is 12.8 Å². The Morgan fingerprint density at radius 1 is 1.45 bits per heavy atom. The number of halogens is 1. The lowest BCUT2D eigenvalue weighted by atomic mass is 10.1. The Morgan fingerprint density at radius 3 is 2.65 bits per heavy atom. The van der Waals surface area contributed by atoms with Crippen LogP contribution in [-0.4, -0.2) is 32.9 Å². The average molecular weight is 300 g/mol. The first-order valence-electron chi connectivity index (χ1n) is 6.41. The van der Waals surface area contributed by atoms with E-state index in [1.165, 1.54) is 29.6 Å². The van der Waals surface area contributed by atoms with E-state index in [4.69, 9.17) is 0 Å². The molecule has 0 aliphatic carbocycles. The van der Waals surface area contributed by atoms with Gasteiger partial charge in [-0.3, -0.25) is 0 Å². The predicted octanol–water partition coefficient (Wildman–Crippen LogP) is 2.05. The minimum absolute atomic E-state index is 0.105. The van der Waals surface area contributed by atoms with E-state index in [2.05, 4.69) is 11.9 Å². The summed E-state index contributed by atoms with van der Waals surface area (Å²) in [6.07, 6.45) is 1.51. The summed E-state index contributed by atoms with van der Waals surface area (Å²) >= 11 is 0. The van der Waals surface area contributed by atoms with Crippen LogP contribution in [0.15, 0.2) is 29.7 Å². The van der Waals surface area contributed by atoms with Crippen molar-refractivity contribution in [1.82, 2.24) is 9.62 Å². The molecule has 0 heterocycles. The number of hydrogen-bond acceptors (Lipinski definition) is 3. The third-order valence-electron chi connectivity index (χ3n) is 2.96. The van der Waals surface area contributed by atoms with Crippen molar-refractivity contribution in [1.29, 1.82) is 0 Å². The van der Waals surface area contributed by atoms with Gasteiger partial charge in [-0.2, -0.15) is 4.31 Å². The zero-order valence-corrected chi connectivity index (χ0v) is 12.9. The second-order valence-corrected chi connectivity index (χ2v) is 6.61. The highest BCUT2D eigenvalue weighted by molar-refractivity contribution is 7.89. The van der Waals surface area contributed by atoms with E-state index in [0.29, 0.717) is 24.2 Å². The highest BCUT2D eigenvalue weighted by Crippen LogP contribution is 2.21. The van der Waals surface area contributed by atoms with Gasteiger partial charge in [0.25, 0.3) is 0 Å². The van der Waals surface area contributed by atoms with Gasteiger partial charge in [0.2, 0.25) is 10.0 Å². The molecule has 112 valence electrons. The summed E-state index contributed by atoms with van der Waals surface area (Å²) in [5, 5.41) is 3.00. The summed E-state index contributed by atoms with van der Waals surface area (Å²) in [6.45, 7) is 8.19. The quantitative estimate of drug-likeness (QED) is 0.784. The Kier molecular flexibility index (Phi) is 5.86. The van der Waals surface area contributed by atoms with Gasteiger partial charge in [-0.15, -0.1) is 6.58 Å². The minimum atomic E-state index is -3.62. The molecule has 0 spiro atoms. The van der Waals surface area contributed by atoms with Crippen LogP contribution in [0, 0.1) is 12.7 Å². The van der Waals surface area contributed by atoms with Crippen LogP contribution in [0.1, 0.15) is 18.1 Å². The second kappa shape index (κ2) is 6.97. The van der Waals surface area contributed by atoms with Crippen LogP contribution in [0.3, 0.4) is 0 Å². The molecule has 0 amide bonds. The fourth-order valence-electron chi connectivity index (χ4n) is 1.80. The summed E-state index contributed by atoms with van der Waals surface area (Å²) in [4.78, 5) is 0.105. The highest BCUT2D eigenvalue weighted by Gasteiger charge is 2.22. The largest absolute Gasteiger partial charge is 0.313 e. The lowest BCUT2D eigenvalue weighted by Gasteiger charge is -2.17. The van der Waals surface area contributed by atoms with E-state index in [0.717, 1.165) is 0 Å². The molecule has 0 radical (unpaired) electrons. The molecular weight excluding hydrogens is 279 g/mol. The van der Waals surface area contributed by atoms with Gasteiger partial charge in [0, 0.05) is 25.7 Å². The molecule has 0 atom stereocenters. The van der Waals surface area contributed by atoms with Crippen molar-refractivity contribution in [2.75, 3.05) is 20.1 Å². The zero-order chi connectivity index (χ0) is 15.3. The monoisotopic (exact) mass is 300 g/mol. The van der Waals surface area contributed by atoms with Crippen LogP contribution < -0.4 is 5.32 Å². The summed E-state index contributed by atoms with van der Waals surface area (Å²) in [5.41, 5.74) is 0.684. The minimum Gasteiger partial charge on any atom is -0.313 e. The molecule has 0 aliphatic rings. The van der Waals surface area contributed by atoms with Crippen molar-refractivity contribution in [3.63, 3.8) is 0 Å². The van der Waals surface area contributed by atoms with E-state index in [1.807, 2.05) is 6.92 Å². The molecule has 0 aliphatic heterocycles. The number of hydrogen-bond donors (Lipinski definition) is 1. The molecule has 4 nitrogen and oxygen atoms in total. The summed E-state index contributed by atoms with van der Waals surface area (Å²) < 4.78 is 39.9. The van der Waals surface area contributed by atoms with E-state index < -0.39 is 10.0 Å². The number of rotatable bonds is 7. The van der Waals surface area contributed by atoms with Crippen LogP contribution in [0.25, 0.3) is 0 Å². The van der Waals surface area contributed by atoms with Crippen LogP contribution >= 0.6 is 0 Å². The zero-order valence-electron chi connectivity index (χ0n) is 12.1. The van der Waals surface area contributed by atoms with Gasteiger partial charge in [0.1, 0.15) is 5.82 Å². The van der Waals surface area contributed by atoms with Crippen molar-refractivity contribution < 1.29 is 12.8 Å². The molecule has 0 bridgehead atoms. The Balaban J connectivity index is 3.25. The van der Waals surface area contributed by atoms with Gasteiger partial charge in [-0.1, -0.05) is 13.0 Å². The van der Waals surface area contributed by atoms with Gasteiger partial charge >= 0.3 is 0 Å². The van der Waals surface area contributed by atoms with E-state index in [-0.39, 0.29) is 17.3 Å². The molecule has 1 N–H and O–H groups in total. The summed E-state index contributed by atoms with van der Waals surface area (Å²) in [5.74, 6) is -0.365. The van der Waals surface area contributed by atoms with Gasteiger partial charge in [0.05, 0.1) is 4.90 Å². The van der Waals surface area contributed by atoms with Crippen molar-refractivity contribution in [3.05, 3.63) is 41.7 Å². The molecule has 0 saturated carbocycles. The molecule has 1 aromatic carbocycles. The molecule has 6 heteroatoms. The van der Waals surface area contributed by atoms with Gasteiger partial charge in [-0.25, -0.2) is 12.8 Å². The van der Waals surface area contributed by atoms with Crippen LogP contribution in [0.4, 0.5) is 4.39 Å². The standard InChI is InChI=1S/C14H21FN2O2S/c1-5-7-17(4)20(18,19)13-8-11(3)14(15)12(9-13)10-16-6-2/h5,8-9,16H,1,6-7,10H2,2-4H3. The van der Waals surface area contributed by atoms with Crippen molar-refractivity contribution in [2.45, 2.75) is 25.3 Å².